The Labute approximate surface area is 178 Å². The number of amides is 1. The van der Waals surface area contributed by atoms with Gasteiger partial charge in [-0.1, -0.05) is 66.8 Å². The summed E-state index contributed by atoms with van der Waals surface area (Å²) in [6, 6.07) is 17.4. The predicted molar refractivity (Wildman–Crippen MR) is 119 cm³/mol. The molecule has 0 saturated heterocycles. The third-order valence-corrected chi connectivity index (χ3v) is 5.91. The maximum Gasteiger partial charge on any atom is 0.250 e. The number of nitrogens with one attached hydrogen (secondary N) is 1. The molecule has 3 aromatic rings. The summed E-state index contributed by atoms with van der Waals surface area (Å²) in [6.07, 6.45) is 3.75. The lowest BCUT2D eigenvalue weighted by Gasteiger charge is -2.04. The molecule has 0 spiro atoms. The van der Waals surface area contributed by atoms with E-state index in [1.165, 1.54) is 23.1 Å². The summed E-state index contributed by atoms with van der Waals surface area (Å²) >= 11 is 2.81. The average molecular weight is 427 g/mol. The molecule has 0 aliphatic heterocycles. The van der Waals surface area contributed by atoms with Gasteiger partial charge in [-0.2, -0.15) is 5.10 Å². The van der Waals surface area contributed by atoms with E-state index in [0.29, 0.717) is 0 Å². The fraction of sp³-hybridized carbons (Fsp3) is 0.238. The highest BCUT2D eigenvalue weighted by atomic mass is 32.2. The summed E-state index contributed by atoms with van der Waals surface area (Å²) in [6.45, 7) is 2.85. The van der Waals surface area contributed by atoms with Gasteiger partial charge < -0.3 is 4.74 Å². The Kier molecular flexibility index (Phi) is 8.21. The lowest BCUT2D eigenvalue weighted by molar-refractivity contribution is -0.118. The van der Waals surface area contributed by atoms with Crippen LogP contribution < -0.4 is 10.2 Å². The number of hydrazone groups is 1. The SMILES string of the molecule is CCCCOc1ccc(C=NNC(=O)CSc2nnc(-c3ccccc3)s2)cc1. The third-order valence-electron chi connectivity index (χ3n) is 3.80. The van der Waals surface area contributed by atoms with Crippen molar-refractivity contribution in [3.63, 3.8) is 0 Å². The average Bonchev–Trinajstić information content (AvgIpc) is 3.23. The number of aromatic nitrogens is 2. The molecule has 0 bridgehead atoms. The Morgan fingerprint density at radius 3 is 2.72 bits per heavy atom. The first-order valence-corrected chi connectivity index (χ1v) is 11.1. The van der Waals surface area contributed by atoms with Crippen LogP contribution in [0.4, 0.5) is 0 Å². The molecule has 150 valence electrons. The summed E-state index contributed by atoms with van der Waals surface area (Å²) in [5.74, 6) is 0.871. The predicted octanol–water partition coefficient (Wildman–Crippen LogP) is 4.63. The smallest absolute Gasteiger partial charge is 0.250 e. The zero-order valence-electron chi connectivity index (χ0n) is 16.1. The van der Waals surface area contributed by atoms with Gasteiger partial charge in [0.05, 0.1) is 18.6 Å². The maximum absolute atomic E-state index is 12.0. The maximum atomic E-state index is 12.0. The second kappa shape index (κ2) is 11.3. The molecular formula is C21H22N4O2S2. The van der Waals surface area contributed by atoms with E-state index in [-0.39, 0.29) is 11.7 Å². The van der Waals surface area contributed by atoms with E-state index in [4.69, 9.17) is 4.74 Å². The molecule has 1 heterocycles. The van der Waals surface area contributed by atoms with E-state index < -0.39 is 0 Å². The van der Waals surface area contributed by atoms with E-state index in [1.54, 1.807) is 6.21 Å². The van der Waals surface area contributed by atoms with Crippen LogP contribution >= 0.6 is 23.1 Å². The summed E-state index contributed by atoms with van der Waals surface area (Å²) in [5.41, 5.74) is 4.44. The van der Waals surface area contributed by atoms with Crippen LogP contribution in [0.15, 0.2) is 64.0 Å². The molecule has 0 fully saturated rings. The summed E-state index contributed by atoms with van der Waals surface area (Å²) in [7, 11) is 0. The van der Waals surface area contributed by atoms with Gasteiger partial charge in [-0.3, -0.25) is 4.79 Å². The topological polar surface area (TPSA) is 76.5 Å². The number of hydrogen-bond acceptors (Lipinski definition) is 7. The van der Waals surface area contributed by atoms with Crippen LogP contribution in [0, 0.1) is 0 Å². The van der Waals surface area contributed by atoms with Crippen LogP contribution in [0.3, 0.4) is 0 Å². The number of unbranched alkanes of at least 4 members (excludes halogenated alkanes) is 1. The molecule has 2 aromatic carbocycles. The van der Waals surface area contributed by atoms with Crippen molar-refractivity contribution in [2.75, 3.05) is 12.4 Å². The van der Waals surface area contributed by atoms with Crippen molar-refractivity contribution >= 4 is 35.2 Å². The number of carbonyl (C=O) groups is 1. The zero-order chi connectivity index (χ0) is 20.3. The number of ether oxygens (including phenoxy) is 1. The number of rotatable bonds is 10. The minimum atomic E-state index is -0.192. The Hall–Kier alpha value is -2.71. The Morgan fingerprint density at radius 1 is 1.17 bits per heavy atom. The number of nitrogens with zero attached hydrogens (tertiary/aromatic N) is 3. The van der Waals surface area contributed by atoms with Crippen molar-refractivity contribution in [2.24, 2.45) is 5.10 Å². The number of benzene rings is 2. The van der Waals surface area contributed by atoms with Crippen molar-refractivity contribution < 1.29 is 9.53 Å². The van der Waals surface area contributed by atoms with Gasteiger partial charge in [-0.05, 0) is 36.2 Å². The van der Waals surface area contributed by atoms with Crippen molar-refractivity contribution in [3.05, 3.63) is 60.2 Å². The quantitative estimate of drug-likeness (QED) is 0.221. The first kappa shape index (κ1) is 21.0. The van der Waals surface area contributed by atoms with Gasteiger partial charge in [0.25, 0.3) is 5.91 Å². The largest absolute Gasteiger partial charge is 0.494 e. The first-order chi connectivity index (χ1) is 14.2. The molecule has 0 radical (unpaired) electrons. The molecule has 6 nitrogen and oxygen atoms in total. The molecule has 1 N–H and O–H groups in total. The minimum absolute atomic E-state index is 0.192. The molecule has 1 aromatic heterocycles. The Morgan fingerprint density at radius 2 is 1.97 bits per heavy atom. The summed E-state index contributed by atoms with van der Waals surface area (Å²) in [5, 5.41) is 13.1. The van der Waals surface area contributed by atoms with E-state index in [1.807, 2.05) is 54.6 Å². The molecule has 0 aliphatic rings. The van der Waals surface area contributed by atoms with Crippen LogP contribution in [-0.2, 0) is 4.79 Å². The van der Waals surface area contributed by atoms with Crippen molar-refractivity contribution in [2.45, 2.75) is 24.1 Å². The molecule has 0 atom stereocenters. The van der Waals surface area contributed by atoms with Crippen LogP contribution in [0.25, 0.3) is 10.6 Å². The van der Waals surface area contributed by atoms with Crippen LogP contribution in [0.2, 0.25) is 0 Å². The highest BCUT2D eigenvalue weighted by molar-refractivity contribution is 8.01. The van der Waals surface area contributed by atoms with Crippen LogP contribution in [-0.4, -0.2) is 34.7 Å². The third kappa shape index (κ3) is 6.99. The lowest BCUT2D eigenvalue weighted by Crippen LogP contribution is -2.19. The molecule has 1 amide bonds. The van der Waals surface area contributed by atoms with Crippen molar-refractivity contribution in [1.82, 2.24) is 15.6 Å². The Bertz CT molecular complexity index is 927. The van der Waals surface area contributed by atoms with Gasteiger partial charge in [0.15, 0.2) is 4.34 Å². The van der Waals surface area contributed by atoms with Gasteiger partial charge in [0.1, 0.15) is 10.8 Å². The fourth-order valence-corrected chi connectivity index (χ4v) is 3.94. The molecular weight excluding hydrogens is 404 g/mol. The standard InChI is InChI=1S/C21H22N4O2S2/c1-2-3-13-27-18-11-9-16(10-12-18)14-22-23-19(26)15-28-21-25-24-20(29-21)17-7-5-4-6-8-17/h4-12,14H,2-3,13,15H2,1H3,(H,23,26). The zero-order valence-corrected chi connectivity index (χ0v) is 17.7. The van der Waals surface area contributed by atoms with Gasteiger partial charge in [-0.15, -0.1) is 10.2 Å². The fourth-order valence-electron chi connectivity index (χ4n) is 2.29. The molecule has 8 heteroatoms. The van der Waals surface area contributed by atoms with Crippen LogP contribution in [0.1, 0.15) is 25.3 Å². The van der Waals surface area contributed by atoms with E-state index in [0.717, 1.165) is 45.7 Å². The monoisotopic (exact) mass is 426 g/mol. The highest BCUT2D eigenvalue weighted by Gasteiger charge is 2.09. The minimum Gasteiger partial charge on any atom is -0.494 e. The normalized spacial score (nSPS) is 10.9. The van der Waals surface area contributed by atoms with E-state index in [9.17, 15) is 4.79 Å². The number of thioether (sulfide) groups is 1. The second-order valence-electron chi connectivity index (χ2n) is 6.09. The molecule has 29 heavy (non-hydrogen) atoms. The van der Waals surface area contributed by atoms with E-state index >= 15 is 0 Å². The molecule has 0 saturated carbocycles. The van der Waals surface area contributed by atoms with Crippen LogP contribution in [0.5, 0.6) is 5.75 Å². The number of carbonyl (C=O) groups excluding carboxylic acids is 1. The van der Waals surface area contributed by atoms with E-state index in [2.05, 4.69) is 27.6 Å². The molecule has 3 rings (SSSR count). The number of hydrogen-bond donors (Lipinski definition) is 1. The van der Waals surface area contributed by atoms with Gasteiger partial charge in [0, 0.05) is 5.56 Å². The molecule has 0 aliphatic carbocycles. The summed E-state index contributed by atoms with van der Waals surface area (Å²) < 4.78 is 6.37. The van der Waals surface area contributed by atoms with Gasteiger partial charge in [0.2, 0.25) is 0 Å². The lowest BCUT2D eigenvalue weighted by atomic mass is 10.2. The molecule has 0 unspecified atom stereocenters. The highest BCUT2D eigenvalue weighted by Crippen LogP contribution is 2.28. The van der Waals surface area contributed by atoms with Gasteiger partial charge >= 0.3 is 0 Å². The van der Waals surface area contributed by atoms with Gasteiger partial charge in [-0.25, -0.2) is 5.43 Å². The summed E-state index contributed by atoms with van der Waals surface area (Å²) in [4.78, 5) is 12.0. The Balaban J connectivity index is 1.41. The van der Waals surface area contributed by atoms with Crippen molar-refractivity contribution in [3.8, 4) is 16.3 Å². The first-order valence-electron chi connectivity index (χ1n) is 9.31. The van der Waals surface area contributed by atoms with Crippen molar-refractivity contribution in [1.29, 1.82) is 0 Å². The second-order valence-corrected chi connectivity index (χ2v) is 8.29.